The largest absolute Gasteiger partial charge is 0.497 e. The zero-order valence-corrected chi connectivity index (χ0v) is 16.3. The SMILES string of the molecule is COCCNCCNC(=O)c1cc(C)nc2ccc(OC)cc12.Cl.Cl. The minimum absolute atomic E-state index is 0. The highest BCUT2D eigenvalue weighted by Crippen LogP contribution is 2.23. The summed E-state index contributed by atoms with van der Waals surface area (Å²) < 4.78 is 10.2. The van der Waals surface area contributed by atoms with Crippen LogP contribution in [0.4, 0.5) is 0 Å². The molecule has 140 valence electrons. The molecule has 8 heteroatoms. The van der Waals surface area contributed by atoms with Gasteiger partial charge in [0.05, 0.1) is 24.8 Å². The standard InChI is InChI=1S/C17H23N3O3.2ClH/c1-12-10-15(17(21)19-7-6-18-8-9-22-2)14-11-13(23-3)4-5-16(14)20-12;;/h4-5,10-11,18H,6-9H2,1-3H3,(H,19,21);2*1H. The van der Waals surface area contributed by atoms with Gasteiger partial charge < -0.3 is 20.1 Å². The molecule has 0 radical (unpaired) electrons. The first-order valence-corrected chi connectivity index (χ1v) is 7.59. The molecule has 2 rings (SSSR count). The summed E-state index contributed by atoms with van der Waals surface area (Å²) in [5, 5.41) is 6.90. The number of carbonyl (C=O) groups excluding carboxylic acids is 1. The number of methoxy groups -OCH3 is 2. The fourth-order valence-electron chi connectivity index (χ4n) is 2.31. The first-order valence-electron chi connectivity index (χ1n) is 7.59. The van der Waals surface area contributed by atoms with Gasteiger partial charge in [-0.2, -0.15) is 0 Å². The molecule has 1 aromatic heterocycles. The van der Waals surface area contributed by atoms with Gasteiger partial charge in [0.15, 0.2) is 0 Å². The lowest BCUT2D eigenvalue weighted by molar-refractivity contribution is 0.0955. The summed E-state index contributed by atoms with van der Waals surface area (Å²) in [6.07, 6.45) is 0. The van der Waals surface area contributed by atoms with E-state index < -0.39 is 0 Å². The number of nitrogens with zero attached hydrogens (tertiary/aromatic N) is 1. The Morgan fingerprint density at radius 3 is 2.56 bits per heavy atom. The summed E-state index contributed by atoms with van der Waals surface area (Å²) in [5.41, 5.74) is 2.21. The van der Waals surface area contributed by atoms with Crippen LogP contribution in [0.3, 0.4) is 0 Å². The number of hydrogen-bond donors (Lipinski definition) is 2. The molecular formula is C17H25Cl2N3O3. The molecule has 0 unspecified atom stereocenters. The predicted octanol–water partition coefficient (Wildman–Crippen LogP) is 2.36. The molecule has 0 saturated carbocycles. The van der Waals surface area contributed by atoms with Crippen molar-refractivity contribution in [2.75, 3.05) is 40.5 Å². The number of aryl methyl sites for hydroxylation is 1. The Labute approximate surface area is 160 Å². The maximum Gasteiger partial charge on any atom is 0.252 e. The average Bonchev–Trinajstić information content (AvgIpc) is 2.56. The molecular weight excluding hydrogens is 365 g/mol. The minimum Gasteiger partial charge on any atom is -0.497 e. The van der Waals surface area contributed by atoms with Gasteiger partial charge in [0, 0.05) is 37.8 Å². The van der Waals surface area contributed by atoms with Crippen molar-refractivity contribution in [2.24, 2.45) is 0 Å². The summed E-state index contributed by atoms with van der Waals surface area (Å²) in [6.45, 7) is 4.55. The highest BCUT2D eigenvalue weighted by atomic mass is 35.5. The molecule has 0 saturated heterocycles. The van der Waals surface area contributed by atoms with E-state index in [1.54, 1.807) is 20.3 Å². The number of aromatic nitrogens is 1. The Kier molecular flexibility index (Phi) is 11.1. The van der Waals surface area contributed by atoms with Crippen LogP contribution in [0.1, 0.15) is 16.1 Å². The normalized spacial score (nSPS) is 9.88. The van der Waals surface area contributed by atoms with Crippen molar-refractivity contribution >= 4 is 41.6 Å². The molecule has 1 heterocycles. The highest BCUT2D eigenvalue weighted by molar-refractivity contribution is 6.06. The van der Waals surface area contributed by atoms with E-state index >= 15 is 0 Å². The zero-order chi connectivity index (χ0) is 16.7. The molecule has 2 N–H and O–H groups in total. The van der Waals surface area contributed by atoms with E-state index in [1.165, 1.54) is 0 Å². The zero-order valence-electron chi connectivity index (χ0n) is 14.6. The van der Waals surface area contributed by atoms with Crippen molar-refractivity contribution in [3.8, 4) is 5.75 Å². The molecule has 0 fully saturated rings. The Balaban J connectivity index is 0.00000288. The van der Waals surface area contributed by atoms with E-state index in [1.807, 2.05) is 25.1 Å². The van der Waals surface area contributed by atoms with Crippen molar-refractivity contribution in [3.05, 3.63) is 35.5 Å². The quantitative estimate of drug-likeness (QED) is 0.678. The molecule has 2 aromatic rings. The lowest BCUT2D eigenvalue weighted by atomic mass is 10.1. The number of hydrogen-bond acceptors (Lipinski definition) is 5. The van der Waals surface area contributed by atoms with Crippen molar-refractivity contribution in [1.82, 2.24) is 15.6 Å². The molecule has 0 spiro atoms. The third-order valence-corrected chi connectivity index (χ3v) is 3.46. The van der Waals surface area contributed by atoms with E-state index in [4.69, 9.17) is 9.47 Å². The molecule has 0 bridgehead atoms. The number of pyridine rings is 1. The third-order valence-electron chi connectivity index (χ3n) is 3.46. The fraction of sp³-hybridized carbons (Fsp3) is 0.412. The molecule has 1 amide bonds. The van der Waals surface area contributed by atoms with E-state index in [2.05, 4.69) is 15.6 Å². The Bertz CT molecular complexity index is 683. The third kappa shape index (κ3) is 6.66. The van der Waals surface area contributed by atoms with Crippen molar-refractivity contribution in [3.63, 3.8) is 0 Å². The number of benzene rings is 1. The van der Waals surface area contributed by atoms with Crippen molar-refractivity contribution in [1.29, 1.82) is 0 Å². The van der Waals surface area contributed by atoms with Crippen LogP contribution in [0.25, 0.3) is 10.9 Å². The summed E-state index contributed by atoms with van der Waals surface area (Å²) in [7, 11) is 3.27. The number of carbonyl (C=O) groups is 1. The van der Waals surface area contributed by atoms with E-state index in [0.29, 0.717) is 31.0 Å². The summed E-state index contributed by atoms with van der Waals surface area (Å²) in [5.74, 6) is 0.598. The number of amides is 1. The van der Waals surface area contributed by atoms with Gasteiger partial charge in [0.2, 0.25) is 0 Å². The second-order valence-electron chi connectivity index (χ2n) is 5.19. The Morgan fingerprint density at radius 1 is 1.12 bits per heavy atom. The first-order chi connectivity index (χ1) is 11.2. The number of halogens is 2. The van der Waals surface area contributed by atoms with Crippen LogP contribution in [0.5, 0.6) is 5.75 Å². The number of fused-ring (bicyclic) bond motifs is 1. The predicted molar refractivity (Wildman–Crippen MR) is 105 cm³/mol. The smallest absolute Gasteiger partial charge is 0.252 e. The van der Waals surface area contributed by atoms with Crippen LogP contribution in [0, 0.1) is 6.92 Å². The molecule has 25 heavy (non-hydrogen) atoms. The monoisotopic (exact) mass is 389 g/mol. The van der Waals surface area contributed by atoms with Gasteiger partial charge in [0.25, 0.3) is 5.91 Å². The molecule has 0 aliphatic heterocycles. The molecule has 6 nitrogen and oxygen atoms in total. The average molecular weight is 390 g/mol. The van der Waals surface area contributed by atoms with Crippen LogP contribution in [0.2, 0.25) is 0 Å². The Hall–Kier alpha value is -1.60. The lowest BCUT2D eigenvalue weighted by Crippen LogP contribution is -2.33. The van der Waals surface area contributed by atoms with Gasteiger partial charge in [-0.25, -0.2) is 0 Å². The fourth-order valence-corrected chi connectivity index (χ4v) is 2.31. The maximum absolute atomic E-state index is 12.5. The van der Waals surface area contributed by atoms with Crippen LogP contribution in [-0.2, 0) is 4.74 Å². The van der Waals surface area contributed by atoms with Crippen molar-refractivity contribution < 1.29 is 14.3 Å². The highest BCUT2D eigenvalue weighted by Gasteiger charge is 2.12. The van der Waals surface area contributed by atoms with Crippen molar-refractivity contribution in [2.45, 2.75) is 6.92 Å². The second-order valence-corrected chi connectivity index (χ2v) is 5.19. The molecule has 1 aromatic carbocycles. The second kappa shape index (κ2) is 11.9. The van der Waals surface area contributed by atoms with Crippen LogP contribution in [-0.4, -0.2) is 51.4 Å². The topological polar surface area (TPSA) is 72.5 Å². The van der Waals surface area contributed by atoms with Gasteiger partial charge in [-0.05, 0) is 31.2 Å². The van der Waals surface area contributed by atoms with E-state index in [0.717, 1.165) is 23.1 Å². The van der Waals surface area contributed by atoms with Gasteiger partial charge >= 0.3 is 0 Å². The van der Waals surface area contributed by atoms with Crippen LogP contribution < -0.4 is 15.4 Å². The molecule has 0 aliphatic rings. The number of ether oxygens (including phenoxy) is 2. The van der Waals surface area contributed by atoms with E-state index in [-0.39, 0.29) is 30.7 Å². The Morgan fingerprint density at radius 2 is 1.88 bits per heavy atom. The van der Waals surface area contributed by atoms with Gasteiger partial charge in [-0.3, -0.25) is 9.78 Å². The number of rotatable bonds is 8. The summed E-state index contributed by atoms with van der Waals surface area (Å²) in [4.78, 5) is 16.9. The number of nitrogens with one attached hydrogen (secondary N) is 2. The first kappa shape index (κ1) is 23.4. The van der Waals surface area contributed by atoms with Gasteiger partial charge in [-0.1, -0.05) is 0 Å². The van der Waals surface area contributed by atoms with Gasteiger partial charge in [0.1, 0.15) is 5.75 Å². The molecule has 0 aliphatic carbocycles. The van der Waals surface area contributed by atoms with Crippen LogP contribution in [0.15, 0.2) is 24.3 Å². The molecule has 0 atom stereocenters. The van der Waals surface area contributed by atoms with Gasteiger partial charge in [-0.15, -0.1) is 24.8 Å². The minimum atomic E-state index is -0.109. The lowest BCUT2D eigenvalue weighted by Gasteiger charge is -2.10. The van der Waals surface area contributed by atoms with Crippen LogP contribution >= 0.6 is 24.8 Å². The van der Waals surface area contributed by atoms with E-state index in [9.17, 15) is 4.79 Å². The summed E-state index contributed by atoms with van der Waals surface area (Å²) in [6, 6.07) is 7.35. The maximum atomic E-state index is 12.5. The summed E-state index contributed by atoms with van der Waals surface area (Å²) >= 11 is 0.